The number of amides is 2. The molecule has 0 radical (unpaired) electrons. The van der Waals surface area contributed by atoms with Gasteiger partial charge in [0.05, 0.1) is 4.47 Å². The molecule has 1 aliphatic rings. The number of thiazole rings is 1. The number of nitrogens with one attached hydrogen (secondary N) is 1. The van der Waals surface area contributed by atoms with Crippen LogP contribution in [-0.4, -0.2) is 26.8 Å². The van der Waals surface area contributed by atoms with Gasteiger partial charge in [-0.25, -0.2) is 4.98 Å². The Morgan fingerprint density at radius 2 is 1.96 bits per heavy atom. The summed E-state index contributed by atoms with van der Waals surface area (Å²) in [5.41, 5.74) is 0.410. The Bertz CT molecular complexity index is 808. The molecule has 0 spiro atoms. The first-order valence-electron chi connectivity index (χ1n) is 7.08. The van der Waals surface area contributed by atoms with Crippen molar-refractivity contribution in [3.63, 3.8) is 0 Å². The number of rotatable bonds is 4. The summed E-state index contributed by atoms with van der Waals surface area (Å²) >= 11 is 8.07. The molecule has 24 heavy (non-hydrogen) atoms. The van der Waals surface area contributed by atoms with Gasteiger partial charge in [-0.3, -0.25) is 14.5 Å². The number of phenolic OH excluding ortho intramolecular Hbond substituents is 1. The van der Waals surface area contributed by atoms with E-state index in [1.165, 1.54) is 11.3 Å². The Morgan fingerprint density at radius 3 is 2.54 bits per heavy atom. The lowest BCUT2D eigenvalue weighted by Gasteiger charge is -2.28. The van der Waals surface area contributed by atoms with E-state index < -0.39 is 6.17 Å². The molecule has 1 atom stereocenters. The number of phenols is 1. The van der Waals surface area contributed by atoms with E-state index in [2.05, 4.69) is 42.2 Å². The second-order valence-corrected chi connectivity index (χ2v) is 8.31. The smallest absolute Gasteiger partial charge is 0.231 e. The zero-order valence-electron chi connectivity index (χ0n) is 12.5. The number of aryl methyl sites for hydroxylation is 1. The summed E-state index contributed by atoms with van der Waals surface area (Å²) in [4.78, 5) is 30.8. The second kappa shape index (κ2) is 6.81. The number of carbonyl (C=O) groups is 2. The summed E-state index contributed by atoms with van der Waals surface area (Å²) in [6, 6.07) is 3.37. The van der Waals surface area contributed by atoms with Crippen molar-refractivity contribution in [1.29, 1.82) is 0 Å². The van der Waals surface area contributed by atoms with Crippen LogP contribution in [0.1, 0.15) is 29.4 Å². The zero-order chi connectivity index (χ0) is 17.4. The molecular weight excluding hydrogens is 462 g/mol. The minimum absolute atomic E-state index is 0.0310. The standard InChI is InChI=1S/C15H13Br2N3O3S/c1-7-6-18-15(24-7)19-14(20-11(21)2-3-12(20)22)9-4-8(16)5-10(17)13(9)23/h4-6,14,23H,2-3H2,1H3,(H,18,19). The summed E-state index contributed by atoms with van der Waals surface area (Å²) in [6.45, 7) is 1.91. The Hall–Kier alpha value is -1.45. The van der Waals surface area contributed by atoms with Gasteiger partial charge in [0, 0.05) is 34.0 Å². The van der Waals surface area contributed by atoms with Crippen LogP contribution in [0.25, 0.3) is 0 Å². The number of aromatic nitrogens is 1. The molecule has 126 valence electrons. The highest BCUT2D eigenvalue weighted by Gasteiger charge is 2.37. The molecule has 6 nitrogen and oxygen atoms in total. The molecule has 2 aromatic rings. The summed E-state index contributed by atoms with van der Waals surface area (Å²) < 4.78 is 1.18. The number of halogens is 2. The van der Waals surface area contributed by atoms with Crippen molar-refractivity contribution >= 4 is 60.1 Å². The number of carbonyl (C=O) groups excluding carboxylic acids is 2. The minimum Gasteiger partial charge on any atom is -0.506 e. The molecule has 1 saturated heterocycles. The van der Waals surface area contributed by atoms with Crippen LogP contribution in [0.2, 0.25) is 0 Å². The van der Waals surface area contributed by atoms with E-state index in [1.54, 1.807) is 18.3 Å². The van der Waals surface area contributed by atoms with Crippen LogP contribution in [0.4, 0.5) is 5.13 Å². The molecule has 2 amide bonds. The van der Waals surface area contributed by atoms with Crippen LogP contribution in [0, 0.1) is 6.92 Å². The van der Waals surface area contributed by atoms with E-state index in [4.69, 9.17) is 0 Å². The van der Waals surface area contributed by atoms with Crippen LogP contribution in [0.5, 0.6) is 5.75 Å². The van der Waals surface area contributed by atoms with Gasteiger partial charge in [-0.15, -0.1) is 11.3 Å². The maximum Gasteiger partial charge on any atom is 0.231 e. The number of hydrogen-bond donors (Lipinski definition) is 2. The van der Waals surface area contributed by atoms with Crippen molar-refractivity contribution in [3.05, 3.63) is 37.7 Å². The maximum atomic E-state index is 12.2. The lowest BCUT2D eigenvalue weighted by Crippen LogP contribution is -2.37. The zero-order valence-corrected chi connectivity index (χ0v) is 16.5. The van der Waals surface area contributed by atoms with Crippen molar-refractivity contribution < 1.29 is 14.7 Å². The third-order valence-corrected chi connectivity index (χ3v) is 5.49. The summed E-state index contributed by atoms with van der Waals surface area (Å²) in [6.07, 6.45) is 1.22. The quantitative estimate of drug-likeness (QED) is 0.655. The van der Waals surface area contributed by atoms with Gasteiger partial charge in [-0.05, 0) is 35.0 Å². The van der Waals surface area contributed by atoms with E-state index in [1.807, 2.05) is 6.92 Å². The highest BCUT2D eigenvalue weighted by Crippen LogP contribution is 2.39. The Kier molecular flexibility index (Phi) is 4.93. The first kappa shape index (κ1) is 17.4. The normalized spacial score (nSPS) is 15.9. The summed E-state index contributed by atoms with van der Waals surface area (Å²) in [5.74, 6) is -0.584. The monoisotopic (exact) mass is 473 g/mol. The number of nitrogens with zero attached hydrogens (tertiary/aromatic N) is 2. The van der Waals surface area contributed by atoms with Gasteiger partial charge in [0.25, 0.3) is 0 Å². The summed E-state index contributed by atoms with van der Waals surface area (Å²) in [7, 11) is 0. The topological polar surface area (TPSA) is 82.5 Å². The fraction of sp³-hybridized carbons (Fsp3) is 0.267. The lowest BCUT2D eigenvalue weighted by atomic mass is 10.1. The van der Waals surface area contributed by atoms with Crippen molar-refractivity contribution in [2.45, 2.75) is 25.9 Å². The molecule has 2 N–H and O–H groups in total. The van der Waals surface area contributed by atoms with Crippen LogP contribution in [0.15, 0.2) is 27.3 Å². The molecule has 1 aromatic heterocycles. The average Bonchev–Trinajstić information content (AvgIpc) is 3.07. The van der Waals surface area contributed by atoms with Crippen molar-refractivity contribution in [2.75, 3.05) is 5.32 Å². The molecular formula is C15H13Br2N3O3S. The molecule has 0 aliphatic carbocycles. The van der Waals surface area contributed by atoms with Gasteiger partial charge in [0.1, 0.15) is 11.9 Å². The molecule has 9 heteroatoms. The Balaban J connectivity index is 2.08. The van der Waals surface area contributed by atoms with Gasteiger partial charge in [-0.2, -0.15) is 0 Å². The van der Waals surface area contributed by atoms with E-state index >= 15 is 0 Å². The molecule has 3 rings (SSSR count). The van der Waals surface area contributed by atoms with Gasteiger partial charge in [0.2, 0.25) is 11.8 Å². The minimum atomic E-state index is -0.827. The first-order valence-corrected chi connectivity index (χ1v) is 9.49. The number of imide groups is 1. The number of likely N-dealkylation sites (tertiary alicyclic amines) is 1. The van der Waals surface area contributed by atoms with E-state index in [0.29, 0.717) is 19.6 Å². The third kappa shape index (κ3) is 3.33. The van der Waals surface area contributed by atoms with Gasteiger partial charge >= 0.3 is 0 Å². The number of anilines is 1. The number of aromatic hydroxyl groups is 1. The van der Waals surface area contributed by atoms with Crippen LogP contribution in [0.3, 0.4) is 0 Å². The molecule has 1 fully saturated rings. The fourth-order valence-electron chi connectivity index (χ4n) is 2.50. The van der Waals surface area contributed by atoms with Crippen molar-refractivity contribution in [3.8, 4) is 5.75 Å². The Morgan fingerprint density at radius 1 is 1.29 bits per heavy atom. The molecule has 0 saturated carbocycles. The van der Waals surface area contributed by atoms with Gasteiger partial charge < -0.3 is 10.4 Å². The second-order valence-electron chi connectivity index (χ2n) is 5.31. The van der Waals surface area contributed by atoms with Gasteiger partial charge in [0.15, 0.2) is 5.13 Å². The van der Waals surface area contributed by atoms with Gasteiger partial charge in [-0.1, -0.05) is 15.9 Å². The maximum absolute atomic E-state index is 12.2. The van der Waals surface area contributed by atoms with Crippen molar-refractivity contribution in [1.82, 2.24) is 9.88 Å². The van der Waals surface area contributed by atoms with E-state index in [-0.39, 0.29) is 30.4 Å². The highest BCUT2D eigenvalue weighted by atomic mass is 79.9. The lowest BCUT2D eigenvalue weighted by molar-refractivity contribution is -0.140. The van der Waals surface area contributed by atoms with Crippen molar-refractivity contribution in [2.24, 2.45) is 0 Å². The molecule has 1 aliphatic heterocycles. The highest BCUT2D eigenvalue weighted by molar-refractivity contribution is 9.11. The first-order chi connectivity index (χ1) is 11.4. The molecule has 2 heterocycles. The molecule has 0 bridgehead atoms. The Labute approximate surface area is 159 Å². The van der Waals surface area contributed by atoms with Crippen LogP contribution < -0.4 is 5.32 Å². The van der Waals surface area contributed by atoms with E-state index in [0.717, 1.165) is 9.78 Å². The van der Waals surface area contributed by atoms with Crippen LogP contribution >= 0.6 is 43.2 Å². The summed E-state index contributed by atoms with van der Waals surface area (Å²) in [5, 5.41) is 14.1. The third-order valence-electron chi connectivity index (χ3n) is 3.58. The SMILES string of the molecule is Cc1cnc(NC(c2cc(Br)cc(Br)c2O)N2C(=O)CCC2=O)s1. The number of hydrogen-bond acceptors (Lipinski definition) is 6. The van der Waals surface area contributed by atoms with E-state index in [9.17, 15) is 14.7 Å². The molecule has 1 aromatic carbocycles. The number of benzene rings is 1. The molecule has 1 unspecified atom stereocenters. The largest absolute Gasteiger partial charge is 0.506 e. The predicted octanol–water partition coefficient (Wildman–Crippen LogP) is 3.94. The fourth-order valence-corrected chi connectivity index (χ4v) is 4.44. The predicted molar refractivity (Wildman–Crippen MR) is 97.8 cm³/mol. The average molecular weight is 475 g/mol. The van der Waals surface area contributed by atoms with Crippen LogP contribution in [-0.2, 0) is 9.59 Å².